The molecule has 0 unspecified atom stereocenters. The lowest BCUT2D eigenvalue weighted by Crippen LogP contribution is -2.03. The summed E-state index contributed by atoms with van der Waals surface area (Å²) in [6.07, 6.45) is 0.166. The lowest BCUT2D eigenvalue weighted by atomic mass is 10.2. The molecule has 0 radical (unpaired) electrons. The van der Waals surface area contributed by atoms with Crippen LogP contribution in [0.1, 0.15) is 22.2 Å². The molecule has 0 atom stereocenters. The third-order valence-electron chi connectivity index (χ3n) is 3.04. The molecule has 0 spiro atoms. The number of aldehydes is 1. The summed E-state index contributed by atoms with van der Waals surface area (Å²) in [6.45, 7) is 0. The van der Waals surface area contributed by atoms with E-state index in [1.165, 1.54) is 50.6 Å². The molecule has 0 aliphatic carbocycles. The van der Waals surface area contributed by atoms with E-state index in [2.05, 4.69) is 0 Å². The molecular formula is C17H22N2O9. The summed E-state index contributed by atoms with van der Waals surface area (Å²) < 4.78 is 9.99. The zero-order valence-electron chi connectivity index (χ0n) is 15.5. The molecule has 2 aromatic carbocycles. The zero-order valence-corrected chi connectivity index (χ0v) is 15.5. The van der Waals surface area contributed by atoms with E-state index in [1.54, 1.807) is 12.1 Å². The van der Waals surface area contributed by atoms with Gasteiger partial charge >= 0.3 is 0 Å². The van der Waals surface area contributed by atoms with E-state index in [-0.39, 0.29) is 16.9 Å². The van der Waals surface area contributed by atoms with Crippen LogP contribution in [-0.4, -0.2) is 48.0 Å². The van der Waals surface area contributed by atoms with Gasteiger partial charge in [0, 0.05) is 56.7 Å². The van der Waals surface area contributed by atoms with Crippen molar-refractivity contribution in [3.05, 3.63) is 79.9 Å². The van der Waals surface area contributed by atoms with E-state index >= 15 is 0 Å². The first kappa shape index (κ1) is 27.0. The standard InChI is InChI=1S/C9H11NO4.C7H5NO3.CH4O.H2O/c1-13-9(14-2)7-3-5-8(6-4-7)10(11)12;9-5-6-1-3-7(4-2-6)8(10)11;1-2;/h3-6,9H,1-2H3;1-5H;2H,1H3;1H2. The van der Waals surface area contributed by atoms with Crippen LogP contribution in [0.5, 0.6) is 0 Å². The number of hydrogen-bond donors (Lipinski definition) is 1. The van der Waals surface area contributed by atoms with Gasteiger partial charge in [0.2, 0.25) is 0 Å². The largest absolute Gasteiger partial charge is 0.412 e. The van der Waals surface area contributed by atoms with E-state index in [0.717, 1.165) is 12.7 Å². The number of nitro benzene ring substituents is 2. The van der Waals surface area contributed by atoms with Gasteiger partial charge in [-0.2, -0.15) is 0 Å². The number of methoxy groups -OCH3 is 2. The van der Waals surface area contributed by atoms with Crippen LogP contribution in [0.2, 0.25) is 0 Å². The number of hydrogen-bond acceptors (Lipinski definition) is 8. The fourth-order valence-electron chi connectivity index (χ4n) is 1.80. The number of carbonyl (C=O) groups is 1. The number of aliphatic hydroxyl groups excluding tert-OH is 1. The monoisotopic (exact) mass is 398 g/mol. The molecule has 2 aromatic rings. The van der Waals surface area contributed by atoms with Crippen LogP contribution < -0.4 is 0 Å². The Balaban J connectivity index is 0. The Morgan fingerprint density at radius 1 is 0.857 bits per heavy atom. The topological polar surface area (TPSA) is 174 Å². The highest BCUT2D eigenvalue weighted by Crippen LogP contribution is 2.20. The van der Waals surface area contributed by atoms with Crippen LogP contribution in [0.4, 0.5) is 11.4 Å². The maximum Gasteiger partial charge on any atom is 0.269 e. The number of rotatable bonds is 6. The number of benzene rings is 2. The minimum absolute atomic E-state index is 0. The van der Waals surface area contributed by atoms with Gasteiger partial charge in [-0.3, -0.25) is 25.0 Å². The highest BCUT2D eigenvalue weighted by molar-refractivity contribution is 5.75. The molecule has 0 saturated heterocycles. The average molecular weight is 398 g/mol. The van der Waals surface area contributed by atoms with Crippen molar-refractivity contribution in [2.75, 3.05) is 21.3 Å². The zero-order chi connectivity index (χ0) is 20.8. The molecule has 0 bridgehead atoms. The third-order valence-corrected chi connectivity index (χ3v) is 3.04. The quantitative estimate of drug-likeness (QED) is 0.333. The lowest BCUT2D eigenvalue weighted by molar-refractivity contribution is -0.385. The highest BCUT2D eigenvalue weighted by atomic mass is 16.7. The fourth-order valence-corrected chi connectivity index (χ4v) is 1.80. The second-order valence-electron chi connectivity index (χ2n) is 4.62. The van der Waals surface area contributed by atoms with Crippen molar-refractivity contribution in [3.8, 4) is 0 Å². The number of nitro groups is 2. The maximum atomic E-state index is 10.4. The molecule has 11 heteroatoms. The maximum absolute atomic E-state index is 10.4. The van der Waals surface area contributed by atoms with Gasteiger partial charge in [0.15, 0.2) is 6.29 Å². The van der Waals surface area contributed by atoms with Crippen molar-refractivity contribution in [2.45, 2.75) is 6.29 Å². The van der Waals surface area contributed by atoms with Crippen LogP contribution in [0.3, 0.4) is 0 Å². The molecule has 0 heterocycles. The minimum Gasteiger partial charge on any atom is -0.412 e. The predicted octanol–water partition coefficient (Wildman–Crippen LogP) is 2.08. The predicted molar refractivity (Wildman–Crippen MR) is 100 cm³/mol. The van der Waals surface area contributed by atoms with Crippen molar-refractivity contribution in [2.24, 2.45) is 0 Å². The Labute approximate surface area is 160 Å². The van der Waals surface area contributed by atoms with Crippen LogP contribution in [0.15, 0.2) is 48.5 Å². The highest BCUT2D eigenvalue weighted by Gasteiger charge is 2.10. The van der Waals surface area contributed by atoms with Gasteiger partial charge in [-0.25, -0.2) is 0 Å². The Hall–Kier alpha value is -3.25. The second-order valence-corrected chi connectivity index (χ2v) is 4.62. The fraction of sp³-hybridized carbons (Fsp3) is 0.235. The SMILES string of the molecule is CO.COC(OC)c1ccc([N+](=O)[O-])cc1.O.O=Cc1ccc([N+](=O)[O-])cc1. The van der Waals surface area contributed by atoms with E-state index < -0.39 is 16.1 Å². The number of aliphatic hydroxyl groups is 1. The average Bonchev–Trinajstić information content (AvgIpc) is 2.71. The first-order valence-corrected chi connectivity index (χ1v) is 7.37. The number of ether oxygens (including phenoxy) is 2. The summed E-state index contributed by atoms with van der Waals surface area (Å²) in [7, 11) is 4.02. The van der Waals surface area contributed by atoms with Gasteiger partial charge in [0.05, 0.1) is 9.85 Å². The van der Waals surface area contributed by atoms with Crippen molar-refractivity contribution in [1.82, 2.24) is 0 Å². The summed E-state index contributed by atoms with van der Waals surface area (Å²) in [5, 5.41) is 27.5. The molecule has 0 amide bonds. The molecule has 28 heavy (non-hydrogen) atoms. The van der Waals surface area contributed by atoms with E-state index in [0.29, 0.717) is 11.8 Å². The molecule has 0 fully saturated rings. The van der Waals surface area contributed by atoms with Gasteiger partial charge in [-0.05, 0) is 24.3 Å². The van der Waals surface area contributed by atoms with E-state index in [4.69, 9.17) is 14.6 Å². The normalized spacial score (nSPS) is 9.04. The summed E-state index contributed by atoms with van der Waals surface area (Å²) in [4.78, 5) is 29.6. The van der Waals surface area contributed by atoms with Gasteiger partial charge in [-0.15, -0.1) is 0 Å². The first-order chi connectivity index (χ1) is 12.9. The van der Waals surface area contributed by atoms with Gasteiger partial charge in [0.1, 0.15) is 6.29 Å². The Morgan fingerprint density at radius 3 is 1.50 bits per heavy atom. The van der Waals surface area contributed by atoms with Gasteiger partial charge in [-0.1, -0.05) is 0 Å². The molecule has 3 N–H and O–H groups in total. The number of non-ortho nitro benzene ring substituents is 2. The molecule has 0 saturated carbocycles. The molecule has 2 rings (SSSR count). The van der Waals surface area contributed by atoms with Crippen LogP contribution in [-0.2, 0) is 9.47 Å². The summed E-state index contributed by atoms with van der Waals surface area (Å²) in [5.74, 6) is 0. The lowest BCUT2D eigenvalue weighted by Gasteiger charge is -2.12. The van der Waals surface area contributed by atoms with Crippen molar-refractivity contribution in [1.29, 1.82) is 0 Å². The Bertz CT molecular complexity index is 714. The van der Waals surface area contributed by atoms with Crippen molar-refractivity contribution >= 4 is 17.7 Å². The number of carbonyl (C=O) groups excluding carboxylic acids is 1. The molecular weight excluding hydrogens is 376 g/mol. The molecule has 154 valence electrons. The molecule has 0 aromatic heterocycles. The van der Waals surface area contributed by atoms with Gasteiger partial charge in [0.25, 0.3) is 11.4 Å². The van der Waals surface area contributed by atoms with Crippen molar-refractivity contribution < 1.29 is 34.7 Å². The van der Waals surface area contributed by atoms with Crippen LogP contribution in [0.25, 0.3) is 0 Å². The molecule has 0 aliphatic rings. The second kappa shape index (κ2) is 14.9. The van der Waals surface area contributed by atoms with Crippen molar-refractivity contribution in [3.63, 3.8) is 0 Å². The summed E-state index contributed by atoms with van der Waals surface area (Å²) >= 11 is 0. The van der Waals surface area contributed by atoms with E-state index in [1.807, 2.05) is 0 Å². The number of nitrogens with zero attached hydrogens (tertiary/aromatic N) is 2. The summed E-state index contributed by atoms with van der Waals surface area (Å²) in [5.41, 5.74) is 1.24. The third kappa shape index (κ3) is 8.91. The first-order valence-electron chi connectivity index (χ1n) is 7.37. The smallest absolute Gasteiger partial charge is 0.269 e. The van der Waals surface area contributed by atoms with Crippen LogP contribution in [0, 0.1) is 20.2 Å². The van der Waals surface area contributed by atoms with Crippen LogP contribution >= 0.6 is 0 Å². The van der Waals surface area contributed by atoms with Gasteiger partial charge < -0.3 is 20.1 Å². The summed E-state index contributed by atoms with van der Waals surface area (Å²) in [6, 6.07) is 11.5. The molecule has 11 nitrogen and oxygen atoms in total. The minimum atomic E-state index is -0.505. The Morgan fingerprint density at radius 2 is 1.21 bits per heavy atom. The molecule has 0 aliphatic heterocycles. The van der Waals surface area contributed by atoms with E-state index in [9.17, 15) is 25.0 Å². The Kier molecular flexibility index (Phi) is 14.3.